The number of benzene rings is 3. The number of phenols is 1. The molecule has 0 aromatic heterocycles. The number of imide groups is 2. The number of phenolic OH excluding ortho intramolecular Hbond substituents is 1. The van der Waals surface area contributed by atoms with Gasteiger partial charge in [-0.2, -0.15) is 0 Å². The van der Waals surface area contributed by atoms with Crippen molar-refractivity contribution >= 4 is 46.1 Å². The van der Waals surface area contributed by atoms with Gasteiger partial charge in [0.2, 0.25) is 23.6 Å². The predicted molar refractivity (Wildman–Crippen MR) is 160 cm³/mol. The fourth-order valence-electron chi connectivity index (χ4n) is 8.41. The molecule has 4 amide bonds. The van der Waals surface area contributed by atoms with Gasteiger partial charge in [0.05, 0.1) is 28.9 Å². The summed E-state index contributed by atoms with van der Waals surface area (Å²) in [6, 6.07) is 19.8. The Bertz CT molecular complexity index is 1780. The number of allylic oxidation sites excluding steroid dienone is 2. The lowest BCUT2D eigenvalue weighted by molar-refractivity contribution is -0.142. The van der Waals surface area contributed by atoms with E-state index in [0.717, 1.165) is 16.3 Å². The summed E-state index contributed by atoms with van der Waals surface area (Å²) in [4.78, 5) is 69.8. The standard InChI is InChI=1S/C35H32N2O7/c1-35-25(32(42)37(34(35)44)20-9-3-2-4-10-20)18-24-22(30(35)29-21-11-6-5-8-19(21)13-16-26(29)38)14-15-23-28(24)33(43)36(31(23)41)17-7-12-27(39)40/h2-6,8-11,13-14,16,23-25,28,30,38H,7,12,15,17-18H2,1H3,(H,39,40). The number of nitrogens with zero attached hydrogens (tertiary/aromatic N) is 2. The first kappa shape index (κ1) is 28.0. The molecule has 2 N–H and O–H groups in total. The zero-order chi connectivity index (χ0) is 30.9. The molecule has 3 aromatic rings. The van der Waals surface area contributed by atoms with Crippen LogP contribution in [0.4, 0.5) is 5.69 Å². The number of hydrogen-bond donors (Lipinski definition) is 2. The van der Waals surface area contributed by atoms with Crippen molar-refractivity contribution in [2.45, 2.75) is 38.5 Å². The van der Waals surface area contributed by atoms with E-state index in [9.17, 15) is 29.1 Å². The highest BCUT2D eigenvalue weighted by molar-refractivity contribution is 6.24. The second-order valence-electron chi connectivity index (χ2n) is 12.5. The van der Waals surface area contributed by atoms with Gasteiger partial charge in [0, 0.05) is 24.4 Å². The first-order valence-corrected chi connectivity index (χ1v) is 15.1. The minimum atomic E-state index is -1.27. The van der Waals surface area contributed by atoms with Crippen molar-refractivity contribution in [3.8, 4) is 5.75 Å². The molecular weight excluding hydrogens is 560 g/mol. The zero-order valence-corrected chi connectivity index (χ0v) is 24.2. The Morgan fingerprint density at radius 3 is 2.39 bits per heavy atom. The van der Waals surface area contributed by atoms with Gasteiger partial charge in [0.15, 0.2) is 0 Å². The lowest BCUT2D eigenvalue weighted by Crippen LogP contribution is -2.49. The summed E-state index contributed by atoms with van der Waals surface area (Å²) in [5, 5.41) is 22.2. The van der Waals surface area contributed by atoms with E-state index in [0.29, 0.717) is 11.3 Å². The average Bonchev–Trinajstić information content (AvgIpc) is 3.37. The van der Waals surface area contributed by atoms with Gasteiger partial charge in [-0.15, -0.1) is 0 Å². The van der Waals surface area contributed by atoms with Crippen LogP contribution in [0.15, 0.2) is 78.4 Å². The maximum atomic E-state index is 14.6. The Morgan fingerprint density at radius 1 is 0.909 bits per heavy atom. The summed E-state index contributed by atoms with van der Waals surface area (Å²) in [6.45, 7) is 1.82. The van der Waals surface area contributed by atoms with Crippen molar-refractivity contribution in [2.24, 2.45) is 29.1 Å². The van der Waals surface area contributed by atoms with E-state index in [4.69, 9.17) is 5.11 Å². The molecule has 0 bridgehead atoms. The molecule has 4 aliphatic rings. The number of aromatic hydroxyl groups is 1. The highest BCUT2D eigenvalue weighted by atomic mass is 16.4. The second kappa shape index (κ2) is 10.1. The maximum absolute atomic E-state index is 14.6. The first-order valence-electron chi connectivity index (χ1n) is 15.1. The van der Waals surface area contributed by atoms with Crippen LogP contribution in [0.1, 0.15) is 44.1 Å². The minimum absolute atomic E-state index is 0.000111. The molecule has 2 aliphatic heterocycles. The van der Waals surface area contributed by atoms with E-state index >= 15 is 0 Å². The lowest BCUT2D eigenvalue weighted by Gasteiger charge is -2.49. The highest BCUT2D eigenvalue weighted by Gasteiger charge is 2.68. The number of carboxylic acids is 1. The van der Waals surface area contributed by atoms with Crippen LogP contribution in [0, 0.1) is 29.1 Å². The first-order chi connectivity index (χ1) is 21.1. The van der Waals surface area contributed by atoms with E-state index in [-0.39, 0.29) is 61.6 Å². The fourth-order valence-corrected chi connectivity index (χ4v) is 8.41. The number of carbonyl (C=O) groups excluding carboxylic acids is 4. The number of amides is 4. The fraction of sp³-hybridized carbons (Fsp3) is 0.343. The minimum Gasteiger partial charge on any atom is -0.508 e. The van der Waals surface area contributed by atoms with Gasteiger partial charge in [-0.3, -0.25) is 28.9 Å². The molecule has 7 rings (SSSR count). The molecule has 9 nitrogen and oxygen atoms in total. The molecule has 9 heteroatoms. The third-order valence-electron chi connectivity index (χ3n) is 10.4. The summed E-state index contributed by atoms with van der Waals surface area (Å²) in [5.41, 5.74) is 0.527. The molecular formula is C35H32N2O7. The number of para-hydroxylation sites is 1. The molecule has 224 valence electrons. The van der Waals surface area contributed by atoms with Crippen LogP contribution in [-0.2, 0) is 24.0 Å². The van der Waals surface area contributed by atoms with E-state index in [1.807, 2.05) is 42.5 Å². The van der Waals surface area contributed by atoms with Crippen molar-refractivity contribution < 1.29 is 34.2 Å². The van der Waals surface area contributed by atoms with E-state index < -0.39 is 41.0 Å². The van der Waals surface area contributed by atoms with Crippen LogP contribution >= 0.6 is 0 Å². The molecule has 0 radical (unpaired) electrons. The lowest BCUT2D eigenvalue weighted by atomic mass is 9.51. The van der Waals surface area contributed by atoms with Crippen LogP contribution in [0.5, 0.6) is 5.75 Å². The van der Waals surface area contributed by atoms with Gasteiger partial charge in [-0.05, 0) is 61.1 Å². The van der Waals surface area contributed by atoms with Crippen LogP contribution in [0.3, 0.4) is 0 Å². The number of anilines is 1. The smallest absolute Gasteiger partial charge is 0.303 e. The Balaban J connectivity index is 1.39. The van der Waals surface area contributed by atoms with Crippen molar-refractivity contribution in [1.29, 1.82) is 0 Å². The number of fused-ring (bicyclic) bond motifs is 5. The average molecular weight is 593 g/mol. The molecule has 1 saturated carbocycles. The summed E-state index contributed by atoms with van der Waals surface area (Å²) in [6.07, 6.45) is 2.44. The van der Waals surface area contributed by atoms with Gasteiger partial charge < -0.3 is 10.2 Å². The number of carboxylic acid groups (broad SMARTS) is 1. The molecule has 0 spiro atoms. The third-order valence-corrected chi connectivity index (χ3v) is 10.4. The van der Waals surface area contributed by atoms with E-state index in [1.165, 1.54) is 9.80 Å². The van der Waals surface area contributed by atoms with Crippen LogP contribution in [0.2, 0.25) is 0 Å². The Labute approximate surface area is 253 Å². The topological polar surface area (TPSA) is 132 Å². The van der Waals surface area contributed by atoms with Gasteiger partial charge in [-0.25, -0.2) is 4.90 Å². The van der Waals surface area contributed by atoms with Crippen molar-refractivity contribution in [1.82, 2.24) is 4.90 Å². The van der Waals surface area contributed by atoms with Gasteiger partial charge >= 0.3 is 5.97 Å². The van der Waals surface area contributed by atoms with Crippen LogP contribution in [0.25, 0.3) is 10.8 Å². The summed E-state index contributed by atoms with van der Waals surface area (Å²) >= 11 is 0. The Kier molecular flexibility index (Phi) is 6.46. The summed E-state index contributed by atoms with van der Waals surface area (Å²) in [7, 11) is 0. The third kappa shape index (κ3) is 3.87. The molecule has 2 aliphatic carbocycles. The second-order valence-corrected chi connectivity index (χ2v) is 12.5. The van der Waals surface area contributed by atoms with Crippen LogP contribution in [-0.4, -0.2) is 51.3 Å². The Morgan fingerprint density at radius 2 is 1.64 bits per heavy atom. The Hall–Kier alpha value is -4.79. The maximum Gasteiger partial charge on any atom is 0.303 e. The van der Waals surface area contributed by atoms with Crippen molar-refractivity contribution in [2.75, 3.05) is 11.4 Å². The number of aliphatic carboxylic acids is 1. The summed E-state index contributed by atoms with van der Waals surface area (Å²) in [5.74, 6) is -5.79. The normalized spacial score (nSPS) is 29.5. The quantitative estimate of drug-likeness (QED) is 0.315. The molecule has 44 heavy (non-hydrogen) atoms. The van der Waals surface area contributed by atoms with Crippen LogP contribution < -0.4 is 4.90 Å². The van der Waals surface area contributed by atoms with Crippen molar-refractivity contribution in [3.05, 3.63) is 83.9 Å². The largest absolute Gasteiger partial charge is 0.508 e. The monoisotopic (exact) mass is 592 g/mol. The number of rotatable bonds is 6. The molecule has 2 heterocycles. The van der Waals surface area contributed by atoms with Crippen molar-refractivity contribution in [3.63, 3.8) is 0 Å². The number of likely N-dealkylation sites (tertiary alicyclic amines) is 1. The molecule has 2 saturated heterocycles. The van der Waals surface area contributed by atoms with E-state index in [2.05, 4.69) is 0 Å². The van der Waals surface area contributed by atoms with Gasteiger partial charge in [0.1, 0.15) is 5.75 Å². The predicted octanol–water partition coefficient (Wildman–Crippen LogP) is 4.64. The molecule has 6 atom stereocenters. The highest BCUT2D eigenvalue weighted by Crippen LogP contribution is 2.65. The van der Waals surface area contributed by atoms with Gasteiger partial charge in [0.25, 0.3) is 0 Å². The molecule has 6 unspecified atom stereocenters. The summed E-state index contributed by atoms with van der Waals surface area (Å²) < 4.78 is 0. The number of hydrogen-bond acceptors (Lipinski definition) is 6. The van der Waals surface area contributed by atoms with Gasteiger partial charge in [-0.1, -0.05) is 60.2 Å². The SMILES string of the molecule is CC12C(=O)N(c3ccccc3)C(=O)C1CC1C(=CCC3C(=O)N(CCCC(=O)O)C(=O)C31)C2c1c(O)ccc2ccccc12. The molecule has 3 fully saturated rings. The molecule has 3 aromatic carbocycles. The van der Waals surface area contributed by atoms with E-state index in [1.54, 1.807) is 37.3 Å². The number of carbonyl (C=O) groups is 5. The zero-order valence-electron chi connectivity index (χ0n) is 24.2.